The second-order valence-corrected chi connectivity index (χ2v) is 21.0. The number of Topliss-reactive ketones (excluding diaryl/α,β-unsaturated/α-hetero) is 3. The second-order valence-electron chi connectivity index (χ2n) is 21.0. The molecule has 4 aliphatic rings. The van der Waals surface area contributed by atoms with E-state index in [-0.39, 0.29) is 74.1 Å². The molecule has 0 radical (unpaired) electrons. The number of cyclic esters (lactones) is 1. The highest BCUT2D eigenvalue weighted by Crippen LogP contribution is 2.38. The van der Waals surface area contributed by atoms with Crippen LogP contribution in [0.2, 0.25) is 0 Å². The number of ketones is 3. The van der Waals surface area contributed by atoms with E-state index in [1.54, 1.807) is 48.0 Å². The molecule has 4 rings (SSSR count). The number of methoxy groups -OCH3 is 3. The standard InChI is InChI=1S/C54H85NO14/c1-33-17-13-12-14-18-34(2)43(64-9)30-40-22-20-38(6)54(63,69-40)50(60)51(61)55-24-16-15-19-41(55)52(62)68-44(35(3)28-39-21-23-42(67-26-25-56)45(29-39)65-10)31-46(57)53(7,8)32-37(5)48(59)49(66-11)47(58)36(4)27-33/h12-14,17-18,32-33,35-36,38-45,48-49,56,59,63H,15-16,19-31H2,1-11H3/b14-12+,17-13+,34-18+,37-32+/t33-,35-,36-,38-,39+,40+,41+,42-,43+,44+,45-,48-,49+,54-/m1/s1. The molecule has 0 aromatic carbocycles. The first kappa shape index (κ1) is 58.2. The van der Waals surface area contributed by atoms with Crippen molar-refractivity contribution in [1.82, 2.24) is 4.90 Å². The van der Waals surface area contributed by atoms with Crippen LogP contribution in [-0.4, -0.2) is 145 Å². The number of carbonyl (C=O) groups excluding carboxylic acids is 5. The van der Waals surface area contributed by atoms with E-state index >= 15 is 0 Å². The minimum absolute atomic E-state index is 0.0102. The first-order valence-corrected chi connectivity index (χ1v) is 25.3. The summed E-state index contributed by atoms with van der Waals surface area (Å²) < 4.78 is 35.7. The molecule has 1 amide bonds. The van der Waals surface area contributed by atoms with Crippen molar-refractivity contribution in [3.8, 4) is 0 Å². The molecule has 3 N–H and O–H groups in total. The van der Waals surface area contributed by atoms with E-state index in [1.165, 1.54) is 12.0 Å². The minimum atomic E-state index is -2.44. The Hall–Kier alpha value is -3.41. The largest absolute Gasteiger partial charge is 0.460 e. The number of allylic oxidation sites excluding steroid dienone is 6. The molecule has 0 aromatic rings. The molecule has 69 heavy (non-hydrogen) atoms. The van der Waals surface area contributed by atoms with Crippen molar-refractivity contribution in [1.29, 1.82) is 0 Å². The summed E-state index contributed by atoms with van der Waals surface area (Å²) in [4.78, 5) is 72.7. The van der Waals surface area contributed by atoms with Gasteiger partial charge < -0.3 is 48.6 Å². The van der Waals surface area contributed by atoms with Crippen LogP contribution in [0, 0.1) is 35.0 Å². The number of amides is 1. The van der Waals surface area contributed by atoms with Crippen LogP contribution >= 0.6 is 0 Å². The van der Waals surface area contributed by atoms with E-state index in [0.717, 1.165) is 12.0 Å². The molecule has 3 fully saturated rings. The summed E-state index contributed by atoms with van der Waals surface area (Å²) >= 11 is 0. The molecular formula is C54H85NO14. The summed E-state index contributed by atoms with van der Waals surface area (Å²) in [6.07, 6.45) is 11.9. The molecule has 0 spiro atoms. The number of piperidine rings is 1. The maximum Gasteiger partial charge on any atom is 0.329 e. The fourth-order valence-electron chi connectivity index (χ4n) is 10.7. The summed E-state index contributed by atoms with van der Waals surface area (Å²) in [6.45, 7) is 14.6. The summed E-state index contributed by atoms with van der Waals surface area (Å²) in [5, 5.41) is 32.9. The molecule has 0 unspecified atom stereocenters. The lowest BCUT2D eigenvalue weighted by molar-refractivity contribution is -0.265. The Bertz CT molecular complexity index is 1860. The van der Waals surface area contributed by atoms with Crippen molar-refractivity contribution < 1.29 is 67.7 Å². The third-order valence-electron chi connectivity index (χ3n) is 15.1. The van der Waals surface area contributed by atoms with Gasteiger partial charge in [0.2, 0.25) is 5.79 Å². The third-order valence-corrected chi connectivity index (χ3v) is 15.1. The Morgan fingerprint density at radius 3 is 2.25 bits per heavy atom. The van der Waals surface area contributed by atoms with Crippen LogP contribution < -0.4 is 0 Å². The fraction of sp³-hybridized carbons (Fsp3) is 0.759. The molecule has 14 atom stereocenters. The van der Waals surface area contributed by atoms with Crippen molar-refractivity contribution in [3.63, 3.8) is 0 Å². The molecule has 15 heteroatoms. The van der Waals surface area contributed by atoms with E-state index in [9.17, 15) is 39.3 Å². The van der Waals surface area contributed by atoms with Crippen molar-refractivity contribution in [2.45, 2.75) is 187 Å². The molecular weight excluding hydrogens is 887 g/mol. The molecule has 3 heterocycles. The topological polar surface area (TPSA) is 205 Å². The number of fused-ring (bicyclic) bond motifs is 3. The van der Waals surface area contributed by atoms with Crippen LogP contribution in [0.25, 0.3) is 0 Å². The number of aliphatic hydroxyl groups excluding tert-OH is 2. The van der Waals surface area contributed by atoms with E-state index in [4.69, 9.17) is 28.4 Å². The van der Waals surface area contributed by atoms with Gasteiger partial charge in [0, 0.05) is 58.0 Å². The maximum atomic E-state index is 14.5. The maximum absolute atomic E-state index is 14.5. The third kappa shape index (κ3) is 15.5. The number of rotatable bonds is 9. The number of carbonyl (C=O) groups is 5. The Morgan fingerprint density at radius 1 is 0.855 bits per heavy atom. The normalized spacial score (nSPS) is 38.5. The highest BCUT2D eigenvalue weighted by molar-refractivity contribution is 6.39. The number of nitrogens with zero attached hydrogens (tertiary/aromatic N) is 1. The van der Waals surface area contributed by atoms with Gasteiger partial charge >= 0.3 is 5.97 Å². The van der Waals surface area contributed by atoms with Crippen LogP contribution in [0.3, 0.4) is 0 Å². The number of hydrogen-bond acceptors (Lipinski definition) is 14. The quantitative estimate of drug-likeness (QED) is 0.127. The van der Waals surface area contributed by atoms with Crippen LogP contribution in [0.1, 0.15) is 132 Å². The molecule has 2 bridgehead atoms. The molecule has 2 saturated heterocycles. The Kier molecular flexibility index (Phi) is 22.7. The van der Waals surface area contributed by atoms with Gasteiger partial charge in [-0.05, 0) is 121 Å². The number of ether oxygens (including phenoxy) is 6. The lowest BCUT2D eigenvalue weighted by atomic mass is 9.76. The average Bonchev–Trinajstić information content (AvgIpc) is 3.32. The van der Waals surface area contributed by atoms with Gasteiger partial charge in [-0.3, -0.25) is 19.2 Å². The van der Waals surface area contributed by atoms with Gasteiger partial charge in [-0.25, -0.2) is 4.79 Å². The zero-order chi connectivity index (χ0) is 51.2. The highest BCUT2D eigenvalue weighted by atomic mass is 16.6. The zero-order valence-corrected chi connectivity index (χ0v) is 43.4. The lowest BCUT2D eigenvalue weighted by Gasteiger charge is -2.42. The van der Waals surface area contributed by atoms with Crippen molar-refractivity contribution >= 4 is 29.2 Å². The Balaban J connectivity index is 1.72. The van der Waals surface area contributed by atoms with Gasteiger partial charge in [-0.2, -0.15) is 0 Å². The molecule has 0 aromatic heterocycles. The monoisotopic (exact) mass is 972 g/mol. The van der Waals surface area contributed by atoms with Crippen LogP contribution in [0.15, 0.2) is 47.6 Å². The van der Waals surface area contributed by atoms with Crippen LogP contribution in [0.5, 0.6) is 0 Å². The van der Waals surface area contributed by atoms with E-state index in [2.05, 4.69) is 0 Å². The predicted molar refractivity (Wildman–Crippen MR) is 261 cm³/mol. The Morgan fingerprint density at radius 2 is 1.58 bits per heavy atom. The van der Waals surface area contributed by atoms with Crippen molar-refractivity contribution in [3.05, 3.63) is 47.6 Å². The Labute approximate surface area is 411 Å². The summed E-state index contributed by atoms with van der Waals surface area (Å²) in [5.74, 6) is -7.29. The molecule has 390 valence electrons. The van der Waals surface area contributed by atoms with E-state index in [0.29, 0.717) is 63.4 Å². The minimum Gasteiger partial charge on any atom is -0.460 e. The predicted octanol–water partition coefficient (Wildman–Crippen LogP) is 6.59. The van der Waals surface area contributed by atoms with Gasteiger partial charge in [-0.15, -0.1) is 0 Å². The highest BCUT2D eigenvalue weighted by Gasteiger charge is 2.53. The van der Waals surface area contributed by atoms with E-state index in [1.807, 2.05) is 58.1 Å². The molecule has 15 nitrogen and oxygen atoms in total. The SMILES string of the molecule is CO[C@H]1C[C@@H]2CC[C@@H](C)[C@@](O)(O2)C(=O)C(=O)N2CCCC[C@H]2C(=O)O[C@H]([C@H](C)C[C@@H]2CC[C@@H](OCCO)[C@H](OC)C2)CC(=O)C(C)(C)/C=C(\C)[C@@H](O)[C@@H](OC)C(=O)[C@H](C)C[C@H](C)/C=C/C=C/C=C/1C. The van der Waals surface area contributed by atoms with Crippen LogP contribution in [0.4, 0.5) is 0 Å². The zero-order valence-electron chi connectivity index (χ0n) is 43.4. The molecule has 3 aliphatic heterocycles. The first-order chi connectivity index (χ1) is 32.6. The second kappa shape index (κ2) is 26.9. The summed E-state index contributed by atoms with van der Waals surface area (Å²) in [6, 6.07) is -1.15. The van der Waals surface area contributed by atoms with Gasteiger partial charge in [0.1, 0.15) is 30.1 Å². The van der Waals surface area contributed by atoms with Gasteiger partial charge in [-0.1, -0.05) is 64.2 Å². The average molecular weight is 972 g/mol. The smallest absolute Gasteiger partial charge is 0.329 e. The van der Waals surface area contributed by atoms with Gasteiger partial charge in [0.05, 0.1) is 37.6 Å². The van der Waals surface area contributed by atoms with Crippen LogP contribution in [-0.2, 0) is 52.4 Å². The van der Waals surface area contributed by atoms with Gasteiger partial charge in [0.15, 0.2) is 5.78 Å². The summed E-state index contributed by atoms with van der Waals surface area (Å²) in [5.41, 5.74) is 0.0579. The molecule has 1 aliphatic carbocycles. The molecule has 1 saturated carbocycles. The van der Waals surface area contributed by atoms with Crippen molar-refractivity contribution in [2.24, 2.45) is 35.0 Å². The number of aliphatic hydroxyl groups is 3. The number of esters is 1. The van der Waals surface area contributed by atoms with Gasteiger partial charge in [0.25, 0.3) is 11.7 Å². The summed E-state index contributed by atoms with van der Waals surface area (Å²) in [7, 11) is 4.59. The first-order valence-electron chi connectivity index (χ1n) is 25.3. The lowest BCUT2D eigenvalue weighted by Crippen LogP contribution is -2.61. The van der Waals surface area contributed by atoms with E-state index < -0.39 is 77.3 Å². The fourth-order valence-corrected chi connectivity index (χ4v) is 10.7. The number of hydrogen-bond donors (Lipinski definition) is 3. The van der Waals surface area contributed by atoms with Crippen molar-refractivity contribution in [2.75, 3.05) is 41.1 Å².